The maximum absolute atomic E-state index is 12.1. The molecule has 2 aliphatic heterocycles. The lowest BCUT2D eigenvalue weighted by atomic mass is 10.1. The Hall–Kier alpha value is -2.12. The Morgan fingerprint density at radius 2 is 1.92 bits per heavy atom. The van der Waals surface area contributed by atoms with Crippen LogP contribution in [0, 0.1) is 0 Å². The minimum Gasteiger partial charge on any atom is -0.486 e. The predicted octanol–water partition coefficient (Wildman–Crippen LogP) is 1.02. The lowest BCUT2D eigenvalue weighted by Gasteiger charge is -2.25. The van der Waals surface area contributed by atoms with Crippen molar-refractivity contribution in [1.29, 1.82) is 0 Å². The number of amides is 1. The highest BCUT2D eigenvalue weighted by Gasteiger charge is 2.15. The van der Waals surface area contributed by atoms with Crippen molar-refractivity contribution < 1.29 is 19.0 Å². The van der Waals surface area contributed by atoms with Crippen LogP contribution in [-0.2, 0) is 9.53 Å². The molecule has 0 aliphatic carbocycles. The van der Waals surface area contributed by atoms with E-state index in [-0.39, 0.29) is 5.91 Å². The van der Waals surface area contributed by atoms with Gasteiger partial charge in [0.05, 0.1) is 25.5 Å². The number of hydrogen-bond acceptors (Lipinski definition) is 6. The van der Waals surface area contributed by atoms with Crippen LogP contribution < -0.4 is 14.9 Å². The number of nitrogens with zero attached hydrogens (tertiary/aromatic N) is 2. The summed E-state index contributed by atoms with van der Waals surface area (Å²) in [5, 5.41) is 4.29. The highest BCUT2D eigenvalue weighted by molar-refractivity contribution is 6.01. The number of morpholine rings is 1. The van der Waals surface area contributed by atoms with Gasteiger partial charge in [-0.15, -0.1) is 0 Å². The molecule has 7 nitrogen and oxygen atoms in total. The van der Waals surface area contributed by atoms with Crippen LogP contribution in [0.2, 0.25) is 0 Å². The number of benzene rings is 1. The summed E-state index contributed by atoms with van der Waals surface area (Å²) in [6.45, 7) is 6.36. The first-order valence-electron chi connectivity index (χ1n) is 8.32. The summed E-state index contributed by atoms with van der Waals surface area (Å²) in [6, 6.07) is 5.72. The van der Waals surface area contributed by atoms with E-state index in [0.29, 0.717) is 39.4 Å². The van der Waals surface area contributed by atoms with Crippen LogP contribution in [0.3, 0.4) is 0 Å². The van der Waals surface area contributed by atoms with Crippen molar-refractivity contribution in [3.63, 3.8) is 0 Å². The van der Waals surface area contributed by atoms with Gasteiger partial charge in [-0.1, -0.05) is 6.92 Å². The van der Waals surface area contributed by atoms with E-state index in [1.807, 2.05) is 25.1 Å². The van der Waals surface area contributed by atoms with Gasteiger partial charge in [-0.25, -0.2) is 5.43 Å². The van der Waals surface area contributed by atoms with E-state index in [2.05, 4.69) is 15.4 Å². The van der Waals surface area contributed by atoms with Gasteiger partial charge in [0.2, 0.25) is 0 Å². The van der Waals surface area contributed by atoms with Gasteiger partial charge >= 0.3 is 0 Å². The van der Waals surface area contributed by atoms with Crippen molar-refractivity contribution in [2.24, 2.45) is 5.10 Å². The lowest BCUT2D eigenvalue weighted by Crippen LogP contribution is -2.42. The average Bonchev–Trinajstić information content (AvgIpc) is 2.63. The molecule has 3 rings (SSSR count). The molecule has 0 spiro atoms. The number of carbonyl (C=O) groups excluding carboxylic acids is 1. The van der Waals surface area contributed by atoms with Gasteiger partial charge < -0.3 is 14.2 Å². The highest BCUT2D eigenvalue weighted by Crippen LogP contribution is 2.31. The topological polar surface area (TPSA) is 72.4 Å². The maximum Gasteiger partial charge on any atom is 0.254 e. The van der Waals surface area contributed by atoms with Gasteiger partial charge in [-0.2, -0.15) is 5.10 Å². The van der Waals surface area contributed by atoms with Crippen LogP contribution in [-0.4, -0.2) is 62.6 Å². The lowest BCUT2D eigenvalue weighted by molar-refractivity contribution is -0.123. The van der Waals surface area contributed by atoms with Crippen LogP contribution >= 0.6 is 0 Å². The summed E-state index contributed by atoms with van der Waals surface area (Å²) in [4.78, 5) is 14.1. The number of fused-ring (bicyclic) bond motifs is 1. The van der Waals surface area contributed by atoms with Gasteiger partial charge in [-0.3, -0.25) is 9.69 Å². The Morgan fingerprint density at radius 1 is 1.17 bits per heavy atom. The summed E-state index contributed by atoms with van der Waals surface area (Å²) >= 11 is 0. The number of hydrogen-bond donors (Lipinski definition) is 1. The molecule has 2 heterocycles. The zero-order valence-electron chi connectivity index (χ0n) is 13.9. The van der Waals surface area contributed by atoms with E-state index >= 15 is 0 Å². The summed E-state index contributed by atoms with van der Waals surface area (Å²) < 4.78 is 16.4. The van der Waals surface area contributed by atoms with Gasteiger partial charge in [0, 0.05) is 18.7 Å². The van der Waals surface area contributed by atoms with Crippen molar-refractivity contribution >= 4 is 11.6 Å². The monoisotopic (exact) mass is 333 g/mol. The third-order valence-corrected chi connectivity index (χ3v) is 4.00. The fourth-order valence-electron chi connectivity index (χ4n) is 2.70. The van der Waals surface area contributed by atoms with Crippen molar-refractivity contribution in [2.45, 2.75) is 13.3 Å². The second kappa shape index (κ2) is 8.12. The molecule has 1 aromatic rings. The Kier molecular flexibility index (Phi) is 5.66. The standard InChI is InChI=1S/C17H23N3O4/c1-2-14(13-3-4-15-16(11-13)24-10-9-23-15)18-19-17(21)12-20-5-7-22-8-6-20/h3-4,11H,2,5-10,12H2,1H3,(H,19,21)/b18-14+. The first-order chi connectivity index (χ1) is 11.8. The second-order valence-corrected chi connectivity index (χ2v) is 5.69. The molecule has 0 unspecified atom stereocenters. The predicted molar refractivity (Wildman–Crippen MR) is 89.7 cm³/mol. The van der Waals surface area contributed by atoms with E-state index in [4.69, 9.17) is 14.2 Å². The van der Waals surface area contributed by atoms with Gasteiger partial charge in [0.1, 0.15) is 13.2 Å². The van der Waals surface area contributed by atoms with Crippen LogP contribution in [0.25, 0.3) is 0 Å². The molecule has 1 N–H and O–H groups in total. The van der Waals surface area contributed by atoms with E-state index in [1.54, 1.807) is 0 Å². The number of rotatable bonds is 5. The molecule has 130 valence electrons. The minimum atomic E-state index is -0.111. The SMILES string of the molecule is CC/C(=N\NC(=O)CN1CCOCC1)c1ccc2c(c1)OCCO2. The third kappa shape index (κ3) is 4.24. The molecule has 0 aromatic heterocycles. The number of hydrazone groups is 1. The average molecular weight is 333 g/mol. The minimum absolute atomic E-state index is 0.111. The summed E-state index contributed by atoms with van der Waals surface area (Å²) in [5.74, 6) is 1.36. The Balaban J connectivity index is 1.62. The molecule has 2 aliphatic rings. The van der Waals surface area contributed by atoms with E-state index < -0.39 is 0 Å². The molecule has 0 radical (unpaired) electrons. The smallest absolute Gasteiger partial charge is 0.254 e. The number of nitrogens with one attached hydrogen (secondary N) is 1. The van der Waals surface area contributed by atoms with Crippen LogP contribution in [0.5, 0.6) is 11.5 Å². The largest absolute Gasteiger partial charge is 0.486 e. The Labute approximate surface area is 141 Å². The summed E-state index contributed by atoms with van der Waals surface area (Å²) in [7, 11) is 0. The van der Waals surface area contributed by atoms with Gasteiger partial charge in [-0.05, 0) is 24.6 Å². The molecular formula is C17H23N3O4. The van der Waals surface area contributed by atoms with E-state index in [1.165, 1.54) is 0 Å². The molecule has 0 saturated carbocycles. The van der Waals surface area contributed by atoms with Crippen molar-refractivity contribution in [3.8, 4) is 11.5 Å². The van der Waals surface area contributed by atoms with Crippen molar-refractivity contribution in [1.82, 2.24) is 10.3 Å². The van der Waals surface area contributed by atoms with Crippen LogP contribution in [0.15, 0.2) is 23.3 Å². The molecule has 1 saturated heterocycles. The fourth-order valence-corrected chi connectivity index (χ4v) is 2.70. The molecular weight excluding hydrogens is 310 g/mol. The molecule has 1 amide bonds. The van der Waals surface area contributed by atoms with Crippen LogP contribution in [0.1, 0.15) is 18.9 Å². The third-order valence-electron chi connectivity index (χ3n) is 4.00. The van der Waals surface area contributed by atoms with Crippen molar-refractivity contribution in [2.75, 3.05) is 46.1 Å². The zero-order valence-corrected chi connectivity index (χ0v) is 13.9. The van der Waals surface area contributed by atoms with Gasteiger partial charge in [0.25, 0.3) is 5.91 Å². The molecule has 7 heteroatoms. The van der Waals surface area contributed by atoms with Gasteiger partial charge in [0.15, 0.2) is 11.5 Å². The number of ether oxygens (including phenoxy) is 3. The normalized spacial score (nSPS) is 18.3. The first kappa shape index (κ1) is 16.7. The fraction of sp³-hybridized carbons (Fsp3) is 0.529. The molecule has 0 bridgehead atoms. The Morgan fingerprint density at radius 3 is 2.67 bits per heavy atom. The van der Waals surface area contributed by atoms with Crippen LogP contribution in [0.4, 0.5) is 0 Å². The summed E-state index contributed by atoms with van der Waals surface area (Å²) in [6.07, 6.45) is 0.706. The molecule has 0 atom stereocenters. The Bertz CT molecular complexity index is 612. The molecule has 1 aromatic carbocycles. The molecule has 1 fully saturated rings. The van der Waals surface area contributed by atoms with Crippen molar-refractivity contribution in [3.05, 3.63) is 23.8 Å². The maximum atomic E-state index is 12.1. The quantitative estimate of drug-likeness (QED) is 0.643. The highest BCUT2D eigenvalue weighted by atomic mass is 16.6. The molecule has 24 heavy (non-hydrogen) atoms. The second-order valence-electron chi connectivity index (χ2n) is 5.69. The van der Waals surface area contributed by atoms with E-state index in [0.717, 1.165) is 35.9 Å². The van der Waals surface area contributed by atoms with E-state index in [9.17, 15) is 4.79 Å². The zero-order chi connectivity index (χ0) is 16.8. The first-order valence-corrected chi connectivity index (χ1v) is 8.32. The number of carbonyl (C=O) groups is 1. The summed E-state index contributed by atoms with van der Waals surface area (Å²) in [5.41, 5.74) is 4.39.